The number of halogens is 3. The van der Waals surface area contributed by atoms with Crippen molar-refractivity contribution >= 4 is 43.0 Å². The molecule has 358 valence electrons. The average molecular weight is 962 g/mol. The van der Waals surface area contributed by atoms with Crippen molar-refractivity contribution < 1.29 is 35.4 Å². The molecule has 70 heavy (non-hydrogen) atoms. The van der Waals surface area contributed by atoms with Crippen LogP contribution in [-0.2, 0) is 26.4 Å². The molecule has 0 aliphatic carbocycles. The van der Waals surface area contributed by atoms with E-state index in [1.54, 1.807) is 0 Å². The van der Waals surface area contributed by atoms with Crippen LogP contribution >= 0.6 is 0 Å². The van der Waals surface area contributed by atoms with Gasteiger partial charge in [-0.05, 0) is 141 Å². The first kappa shape index (κ1) is 49.2. The molecule has 0 aliphatic heterocycles. The molecule has 6 aromatic carbocycles. The predicted octanol–water partition coefficient (Wildman–Crippen LogP) is 14.0. The fraction of sp³-hybridized carbons (Fsp3) is 0.246. The molecule has 0 unspecified atom stereocenters. The monoisotopic (exact) mass is 961 g/mol. The van der Waals surface area contributed by atoms with Gasteiger partial charge in [0.05, 0.1) is 22.7 Å². The zero-order valence-electron chi connectivity index (χ0n) is 40.8. The number of pyridine rings is 1. The zero-order chi connectivity index (χ0) is 50.7. The number of fused-ring (bicyclic) bond motifs is 4. The topological polar surface area (TPSA) is 117 Å². The van der Waals surface area contributed by atoms with E-state index in [4.69, 9.17) is 22.7 Å². The van der Waals surface area contributed by atoms with Gasteiger partial charge in [0.1, 0.15) is 28.7 Å². The second-order valence-corrected chi connectivity index (χ2v) is 22.0. The van der Waals surface area contributed by atoms with E-state index in [1.165, 1.54) is 16.7 Å². The number of nitriles is 1. The van der Waals surface area contributed by atoms with Crippen molar-refractivity contribution in [3.8, 4) is 45.9 Å². The van der Waals surface area contributed by atoms with Crippen LogP contribution in [0.25, 0.3) is 61.2 Å². The Morgan fingerprint density at radius 3 is 1.96 bits per heavy atom. The number of ether oxygens (including phenoxy) is 1. The highest BCUT2D eigenvalue weighted by molar-refractivity contribution is 7.86. The van der Waals surface area contributed by atoms with E-state index in [0.717, 1.165) is 78.2 Å². The van der Waals surface area contributed by atoms with Crippen LogP contribution in [0, 0.1) is 18.3 Å². The summed E-state index contributed by atoms with van der Waals surface area (Å²) in [6.07, 6.45) is 4.11. The van der Waals surface area contributed by atoms with Crippen molar-refractivity contribution in [2.75, 3.05) is 0 Å². The lowest BCUT2D eigenvalue weighted by atomic mass is 9.80. The van der Waals surface area contributed by atoms with Crippen molar-refractivity contribution in [1.29, 1.82) is 5.26 Å². The number of hydrogen-bond donors (Lipinski definition) is 0. The number of aryl methyl sites for hydroxylation is 1. The lowest BCUT2D eigenvalue weighted by Gasteiger charge is -2.25. The first-order chi connectivity index (χ1) is 32.7. The van der Waals surface area contributed by atoms with Crippen LogP contribution in [0.15, 0.2) is 146 Å². The molecular formula is C57H54F3N5O4S. The fourth-order valence-corrected chi connectivity index (χ4v) is 8.46. The maximum Gasteiger partial charge on any atom is 0.485 e. The summed E-state index contributed by atoms with van der Waals surface area (Å²) in [5.41, 5.74) is 8.44. The Balaban J connectivity index is 0.000000758. The van der Waals surface area contributed by atoms with Gasteiger partial charge in [-0.1, -0.05) is 98.7 Å². The number of para-hydroxylation sites is 2. The third-order valence-corrected chi connectivity index (χ3v) is 13.0. The second kappa shape index (κ2) is 17.9. The molecule has 13 heteroatoms. The maximum absolute atomic E-state index is 10.7. The summed E-state index contributed by atoms with van der Waals surface area (Å²) >= 11 is 0. The van der Waals surface area contributed by atoms with Gasteiger partial charge in [0, 0.05) is 29.1 Å². The quantitative estimate of drug-likeness (QED) is 0.0931. The lowest BCUT2D eigenvalue weighted by molar-refractivity contribution is -0.567. The molecule has 3 aromatic heterocycles. The molecule has 0 aliphatic rings. The van der Waals surface area contributed by atoms with Gasteiger partial charge >= 0.3 is 5.51 Å². The van der Waals surface area contributed by atoms with Crippen molar-refractivity contribution in [3.63, 3.8) is 0 Å². The second-order valence-electron chi connectivity index (χ2n) is 20.7. The van der Waals surface area contributed by atoms with Gasteiger partial charge in [-0.2, -0.15) is 27.6 Å². The van der Waals surface area contributed by atoms with E-state index in [-0.39, 0.29) is 16.2 Å². The number of nitrogens with zero attached hydrogens (tertiary/aromatic N) is 5. The first-order valence-electron chi connectivity index (χ1n) is 22.8. The fourth-order valence-electron chi connectivity index (χ4n) is 8.46. The highest BCUT2D eigenvalue weighted by Crippen LogP contribution is 2.39. The van der Waals surface area contributed by atoms with Crippen LogP contribution in [0.5, 0.6) is 11.5 Å². The average Bonchev–Trinajstić information content (AvgIpc) is 3.84. The van der Waals surface area contributed by atoms with Crippen molar-refractivity contribution in [3.05, 3.63) is 174 Å². The van der Waals surface area contributed by atoms with E-state index in [0.29, 0.717) is 5.56 Å². The Hall–Kier alpha value is -7.27. The SMILES string of the molecule is Cc1ccc(C#N)cc1-c1ccc2c(c1)c1ccc(Oc3cccc(-n4c[n+](-c5cc(C(C)(C)C)cc(C(C)(C)C)c5)c5ccccc54)c3)cc1n2-c1cc(C(C)(C)C)ccn1.O=S(=O)([O-])C(F)(F)F. The van der Waals surface area contributed by atoms with Crippen LogP contribution in [0.4, 0.5) is 13.2 Å². The third-order valence-electron chi connectivity index (χ3n) is 12.4. The molecule has 3 heterocycles. The largest absolute Gasteiger partial charge is 0.741 e. The summed E-state index contributed by atoms with van der Waals surface area (Å²) in [4.78, 5) is 4.94. The number of rotatable bonds is 6. The van der Waals surface area contributed by atoms with Crippen LogP contribution in [0.1, 0.15) is 90.1 Å². The van der Waals surface area contributed by atoms with Crippen molar-refractivity contribution in [1.82, 2.24) is 14.1 Å². The summed E-state index contributed by atoms with van der Waals surface area (Å²) in [6.45, 7) is 22.5. The third kappa shape index (κ3) is 9.93. The first-order valence-corrected chi connectivity index (χ1v) is 24.2. The smallest absolute Gasteiger partial charge is 0.485 e. The van der Waals surface area contributed by atoms with Crippen LogP contribution < -0.4 is 9.30 Å². The molecule has 0 N–H and O–H groups in total. The zero-order valence-corrected chi connectivity index (χ0v) is 41.6. The molecule has 0 fully saturated rings. The van der Waals surface area contributed by atoms with Gasteiger partial charge in [0.15, 0.2) is 21.2 Å². The minimum Gasteiger partial charge on any atom is -0.741 e. The Kier molecular flexibility index (Phi) is 12.6. The van der Waals surface area contributed by atoms with Gasteiger partial charge < -0.3 is 9.29 Å². The minimum atomic E-state index is -6.09. The Morgan fingerprint density at radius 2 is 1.31 bits per heavy atom. The van der Waals surface area contributed by atoms with Crippen LogP contribution in [0.3, 0.4) is 0 Å². The molecule has 0 spiro atoms. The Morgan fingerprint density at radius 1 is 0.657 bits per heavy atom. The number of imidazole rings is 1. The molecule has 9 nitrogen and oxygen atoms in total. The number of aromatic nitrogens is 4. The predicted molar refractivity (Wildman–Crippen MR) is 270 cm³/mol. The highest BCUT2D eigenvalue weighted by Gasteiger charge is 2.37. The van der Waals surface area contributed by atoms with E-state index < -0.39 is 15.6 Å². The van der Waals surface area contributed by atoms with Gasteiger partial charge in [0.2, 0.25) is 0 Å². The highest BCUT2D eigenvalue weighted by atomic mass is 32.2. The molecule has 0 saturated carbocycles. The normalized spacial score (nSPS) is 12.5. The van der Waals surface area contributed by atoms with Gasteiger partial charge in [0.25, 0.3) is 6.33 Å². The summed E-state index contributed by atoms with van der Waals surface area (Å²) in [5, 5.41) is 11.9. The van der Waals surface area contributed by atoms with Crippen molar-refractivity contribution in [2.24, 2.45) is 0 Å². The van der Waals surface area contributed by atoms with E-state index >= 15 is 0 Å². The summed E-state index contributed by atoms with van der Waals surface area (Å²) in [5.74, 6) is 2.31. The molecule has 9 aromatic rings. The molecule has 9 rings (SSSR count). The van der Waals surface area contributed by atoms with Crippen LogP contribution in [0.2, 0.25) is 0 Å². The summed E-state index contributed by atoms with van der Waals surface area (Å²) in [6, 6.07) is 49.3. The van der Waals surface area contributed by atoms with E-state index in [1.807, 2.05) is 30.5 Å². The van der Waals surface area contributed by atoms with E-state index in [2.05, 4.69) is 205 Å². The van der Waals surface area contributed by atoms with Gasteiger partial charge in [-0.3, -0.25) is 4.57 Å². The minimum absolute atomic E-state index is 0.00169. The summed E-state index contributed by atoms with van der Waals surface area (Å²) < 4.78 is 72.5. The lowest BCUT2D eigenvalue weighted by Crippen LogP contribution is -2.31. The maximum atomic E-state index is 10.7. The standard InChI is InChI=1S/C56H54N5O.CHF3O3S/c1-36-18-19-37(34-57)26-47(36)38-20-23-49-48(27-38)46-22-21-45(33-52(46)61(49)53-31-39(24-25-58-53)54(2,3)4)62-44-15-13-14-42(32-44)59-35-60(51-17-12-11-16-50(51)59)43-29-40(55(5,6)7)28-41(30-43)56(8,9)10;2-1(3,4)8(5,6)7/h11-33,35H,1-10H3;(H,5,6,7)/q+1;/p-1. The summed E-state index contributed by atoms with van der Waals surface area (Å²) in [7, 11) is -6.09. The molecule has 0 radical (unpaired) electrons. The molecule has 0 bridgehead atoms. The molecule has 0 amide bonds. The Bertz CT molecular complexity index is 3610. The number of alkyl halides is 3. The molecule has 0 saturated heterocycles. The molecule has 0 atom stereocenters. The van der Waals surface area contributed by atoms with E-state index in [9.17, 15) is 18.4 Å². The Labute approximate surface area is 406 Å². The van der Waals surface area contributed by atoms with Crippen molar-refractivity contribution in [2.45, 2.75) is 91.0 Å². The molecular weight excluding hydrogens is 908 g/mol. The van der Waals surface area contributed by atoms with Crippen LogP contribution in [-0.4, -0.2) is 32.6 Å². The number of hydrogen-bond acceptors (Lipinski definition) is 6. The van der Waals surface area contributed by atoms with Gasteiger partial charge in [-0.25, -0.2) is 13.4 Å². The van der Waals surface area contributed by atoms with Gasteiger partial charge in [-0.15, -0.1) is 0 Å². The number of benzene rings is 6.